The fraction of sp³-hybridized carbons (Fsp3) is 0.410. The van der Waals surface area contributed by atoms with Crippen LogP contribution in [0.5, 0.6) is 0 Å². The maximum Gasteiger partial charge on any atom is 0.232 e. The fourth-order valence-electron chi connectivity index (χ4n) is 5.67. The molecule has 1 N–H and O–H groups in total. The Morgan fingerprint density at radius 2 is 1.36 bits per heavy atom. The normalized spacial score (nSPS) is 15.6. The quantitative estimate of drug-likeness (QED) is 0.0414. The molecule has 20 heteroatoms. The summed E-state index contributed by atoms with van der Waals surface area (Å²) in [5.41, 5.74) is 2.83. The summed E-state index contributed by atoms with van der Waals surface area (Å²) in [5, 5.41) is 12.5. The second-order valence-corrected chi connectivity index (χ2v) is 19.0. The third-order valence-electron chi connectivity index (χ3n) is 8.88. The molecule has 5 rings (SSSR count). The third-order valence-corrected chi connectivity index (χ3v) is 12.8. The minimum atomic E-state index is -3.49. The van der Waals surface area contributed by atoms with Crippen LogP contribution in [-0.2, 0) is 34.3 Å². The van der Waals surface area contributed by atoms with Crippen LogP contribution in [0.1, 0.15) is 86.6 Å². The van der Waals surface area contributed by atoms with Gasteiger partial charge in [-0.15, -0.1) is 0 Å². The predicted octanol–water partition coefficient (Wildman–Crippen LogP) is 9.67. The summed E-state index contributed by atoms with van der Waals surface area (Å²) in [6, 6.07) is 6.39. The molecule has 0 saturated heterocycles. The molecule has 2 atom stereocenters. The van der Waals surface area contributed by atoms with Crippen molar-refractivity contribution in [2.24, 2.45) is 11.1 Å². The molecule has 0 spiro atoms. The molecule has 4 aromatic rings. The average Bonchev–Trinajstić information content (AvgIpc) is 3.86. The van der Waals surface area contributed by atoms with Crippen molar-refractivity contribution in [3.05, 3.63) is 74.5 Å². The van der Waals surface area contributed by atoms with Gasteiger partial charge in [0.1, 0.15) is 16.9 Å². The van der Waals surface area contributed by atoms with Gasteiger partial charge < -0.3 is 28.3 Å². The predicted molar refractivity (Wildman–Crippen MR) is 238 cm³/mol. The number of carbonyl (C=O) groups is 2. The maximum absolute atomic E-state index is 12.8. The number of hydrogen-bond acceptors (Lipinski definition) is 13. The first-order chi connectivity index (χ1) is 27.6. The van der Waals surface area contributed by atoms with Gasteiger partial charge in [-0.2, -0.15) is 0 Å². The minimum absolute atomic E-state index is 0.0629. The first-order valence-corrected chi connectivity index (χ1v) is 23.8. The van der Waals surface area contributed by atoms with E-state index >= 15 is 0 Å². The van der Waals surface area contributed by atoms with Gasteiger partial charge in [0.15, 0.2) is 17.3 Å². The summed E-state index contributed by atoms with van der Waals surface area (Å²) >= 11 is 12.6. The third kappa shape index (κ3) is 11.5. The number of ether oxygens (including phenoxy) is 3. The summed E-state index contributed by atoms with van der Waals surface area (Å²) in [5.74, 6) is -0.0651. The molecule has 0 bridgehead atoms. The Balaban J connectivity index is 0.000000281. The molecule has 0 fully saturated rings. The molecule has 2 aromatic heterocycles. The molecule has 0 saturated carbocycles. The van der Waals surface area contributed by atoms with Crippen LogP contribution in [0.3, 0.4) is 0 Å². The number of furan rings is 2. The van der Waals surface area contributed by atoms with Gasteiger partial charge in [-0.3, -0.25) is 18.2 Å². The number of hydrogen-bond donors (Lipinski definition) is 1. The number of halogens is 3. The number of Topliss-reactive ketones (excluding diaryl/α,β-unsaturated/α-hetero) is 2. The van der Waals surface area contributed by atoms with Crippen LogP contribution < -0.4 is 8.61 Å². The number of benzene rings is 2. The van der Waals surface area contributed by atoms with E-state index in [0.717, 1.165) is 33.3 Å². The lowest BCUT2D eigenvalue weighted by molar-refractivity contribution is -0.107. The van der Waals surface area contributed by atoms with Gasteiger partial charge in [0.2, 0.25) is 31.5 Å². The number of ketones is 2. The zero-order valence-electron chi connectivity index (χ0n) is 34.3. The van der Waals surface area contributed by atoms with E-state index in [1.807, 2.05) is 33.8 Å². The Hall–Kier alpha value is -3.88. The smallest absolute Gasteiger partial charge is 0.232 e. The van der Waals surface area contributed by atoms with Crippen LogP contribution in [0.15, 0.2) is 65.8 Å². The zero-order chi connectivity index (χ0) is 44.6. The molecule has 1 aliphatic rings. The van der Waals surface area contributed by atoms with Crippen molar-refractivity contribution in [2.75, 3.05) is 48.4 Å². The van der Waals surface area contributed by atoms with E-state index in [0.29, 0.717) is 61.0 Å². The van der Waals surface area contributed by atoms with Crippen molar-refractivity contribution < 1.29 is 54.7 Å². The van der Waals surface area contributed by atoms with Crippen molar-refractivity contribution in [1.29, 1.82) is 0 Å². The molecule has 3 heterocycles. The average molecular weight is 1010 g/mol. The lowest BCUT2D eigenvalue weighted by Gasteiger charge is -2.18. The number of sulfonamides is 2. The van der Waals surface area contributed by atoms with Gasteiger partial charge in [0.05, 0.1) is 60.1 Å². The number of fused-ring (bicyclic) bond motifs is 2. The Morgan fingerprint density at radius 3 is 1.78 bits per heavy atom. The number of nitrogens with zero attached hydrogens (tertiary/aromatic N) is 3. The van der Waals surface area contributed by atoms with Gasteiger partial charge >= 0.3 is 0 Å². The number of carbonyl (C=O) groups excluding carboxylic acids is 2. The number of allylic oxidation sites excluding steroid dienone is 1. The zero-order valence-corrected chi connectivity index (χ0v) is 39.8. The highest BCUT2D eigenvalue weighted by Gasteiger charge is 2.35. The van der Waals surface area contributed by atoms with Gasteiger partial charge in [-0.1, -0.05) is 43.6 Å². The van der Waals surface area contributed by atoms with E-state index in [1.165, 1.54) is 20.2 Å². The van der Waals surface area contributed by atoms with Crippen molar-refractivity contribution in [2.45, 2.75) is 60.7 Å². The highest BCUT2D eigenvalue weighted by molar-refractivity contribution is 9.11. The van der Waals surface area contributed by atoms with Gasteiger partial charge in [-0.25, -0.2) is 16.8 Å². The summed E-state index contributed by atoms with van der Waals surface area (Å²) in [7, 11) is -4.09. The highest BCUT2D eigenvalue weighted by Crippen LogP contribution is 2.43. The molecule has 1 aliphatic heterocycles. The second kappa shape index (κ2) is 21.1. The van der Waals surface area contributed by atoms with Crippen molar-refractivity contribution in [1.82, 2.24) is 0 Å². The number of anilines is 2. The Morgan fingerprint density at radius 1 is 0.864 bits per heavy atom. The monoisotopic (exact) mass is 1010 g/mol. The molecule has 0 amide bonds. The second-order valence-electron chi connectivity index (χ2n) is 12.9. The van der Waals surface area contributed by atoms with Crippen LogP contribution in [0.25, 0.3) is 27.5 Å². The molecule has 2 unspecified atom stereocenters. The molecule has 324 valence electrons. The molecular weight excluding hydrogens is 962 g/mol. The van der Waals surface area contributed by atoms with E-state index in [4.69, 9.17) is 39.9 Å². The summed E-state index contributed by atoms with van der Waals surface area (Å²) in [6.45, 7) is 12.5. The minimum Gasteiger partial charge on any atom is -0.502 e. The van der Waals surface area contributed by atoms with Gasteiger partial charge in [0, 0.05) is 71.0 Å². The molecule has 15 nitrogen and oxygen atoms in total. The van der Waals surface area contributed by atoms with Gasteiger partial charge in [0.25, 0.3) is 0 Å². The van der Waals surface area contributed by atoms with Crippen LogP contribution in [0.2, 0.25) is 0 Å². The molecule has 59 heavy (non-hydrogen) atoms. The Bertz CT molecular complexity index is 2500. The van der Waals surface area contributed by atoms with Crippen LogP contribution >= 0.6 is 43.5 Å². The Kier molecular flexibility index (Phi) is 17.7. The first kappa shape index (κ1) is 49.5. The van der Waals surface area contributed by atoms with Gasteiger partial charge in [-0.05, 0) is 64.8 Å². The summed E-state index contributed by atoms with van der Waals surface area (Å²) in [6.07, 6.45) is 7.38. The molecule has 2 aromatic carbocycles. The summed E-state index contributed by atoms with van der Waals surface area (Å²) < 4.78 is 78.3. The fourth-order valence-corrected chi connectivity index (χ4v) is 8.27. The van der Waals surface area contributed by atoms with Crippen LogP contribution in [0, 0.1) is 5.92 Å². The molecular formula is C39H48Br2ClN3O12S2. The van der Waals surface area contributed by atoms with E-state index in [9.17, 15) is 26.4 Å². The lowest BCUT2D eigenvalue weighted by Crippen LogP contribution is -2.25. The van der Waals surface area contributed by atoms with E-state index < -0.39 is 26.3 Å². The highest BCUT2D eigenvalue weighted by atomic mass is 79.9. The van der Waals surface area contributed by atoms with Crippen molar-refractivity contribution >= 4 is 119 Å². The van der Waals surface area contributed by atoms with Crippen LogP contribution in [0.4, 0.5) is 11.4 Å². The standard InChI is InChI=1S/C20H24BrNO6S.C14H14BrClN2O5S.C5H10O/c1-6-16(23)18-12-8-14(21)15(22(4)29(5,24)25)9-17(12)28-19(18)13-10-27-20(11(13)3)26-7-2;1-4-10(19)12-7-5-8(15)9(18(2)24(3,21)22)6-11(7)23-13(12)14(16)17-20;1-3-5-6-4-2/h8-11,20H,6-7H2,1-5H3;5-6,20H,4H2,1-3H3;3,5H,4H2,1-2H3/b;17-14-;5-3+. The number of oxime groups is 1. The lowest BCUT2D eigenvalue weighted by atomic mass is 9.95. The largest absolute Gasteiger partial charge is 0.502 e. The summed E-state index contributed by atoms with van der Waals surface area (Å²) in [4.78, 5) is 25.0. The maximum atomic E-state index is 12.8. The van der Waals surface area contributed by atoms with Crippen LogP contribution in [-0.4, -0.2) is 84.9 Å². The van der Waals surface area contributed by atoms with E-state index in [2.05, 4.69) is 37.0 Å². The topological polar surface area (TPSA) is 195 Å². The molecule has 0 radical (unpaired) electrons. The van der Waals surface area contributed by atoms with E-state index in [1.54, 1.807) is 44.6 Å². The van der Waals surface area contributed by atoms with E-state index in [-0.39, 0.29) is 46.0 Å². The molecule has 0 aliphatic carbocycles. The Labute approximate surface area is 366 Å². The SMILES string of the molecule is C/C=C/OCC.CCC(=O)c1c(/C(Cl)=N/O)oc2cc(N(C)S(C)(=O)=O)c(Br)cc12.CCOC1OC=C(c2oc3cc(N(C)S(C)(=O)=O)c(Br)cc3c2C(=O)CC)C1C. The van der Waals surface area contributed by atoms with Crippen molar-refractivity contribution in [3.63, 3.8) is 0 Å². The number of rotatable bonds is 14. The van der Waals surface area contributed by atoms with Crippen molar-refractivity contribution in [3.8, 4) is 0 Å². The first-order valence-electron chi connectivity index (χ1n) is 18.2.